The van der Waals surface area contributed by atoms with Gasteiger partial charge in [0, 0.05) is 0 Å². The normalized spacial score (nSPS) is 13.4. The predicted molar refractivity (Wildman–Crippen MR) is 74.8 cm³/mol. The number of fused-ring (bicyclic) bond motifs is 1. The fourth-order valence-electron chi connectivity index (χ4n) is 1.80. The lowest BCUT2D eigenvalue weighted by Gasteiger charge is -2.13. The Balaban J connectivity index is 2.02. The molecule has 0 aliphatic carbocycles. The Labute approximate surface area is 113 Å². The molecule has 2 aromatic rings. The molecule has 0 saturated heterocycles. The van der Waals surface area contributed by atoms with E-state index in [4.69, 9.17) is 8.92 Å². The van der Waals surface area contributed by atoms with Gasteiger partial charge in [-0.25, -0.2) is 0 Å². The van der Waals surface area contributed by atoms with Gasteiger partial charge in [-0.05, 0) is 29.8 Å². The Morgan fingerprint density at radius 2 is 1.79 bits per heavy atom. The highest BCUT2D eigenvalue weighted by molar-refractivity contribution is 7.86. The predicted octanol–water partition coefficient (Wildman–Crippen LogP) is 2.58. The molecule has 4 nitrogen and oxygen atoms in total. The third-order valence-corrected chi connectivity index (χ3v) is 3.22. The zero-order chi connectivity index (χ0) is 13.9. The molecule has 0 fully saturated rings. The molecule has 0 aliphatic heterocycles. The molecule has 1 unspecified atom stereocenters. The maximum atomic E-state index is 11.0. The van der Waals surface area contributed by atoms with Crippen molar-refractivity contribution in [3.8, 4) is 5.75 Å². The first kappa shape index (κ1) is 13.8. The topological polar surface area (TPSA) is 52.6 Å². The van der Waals surface area contributed by atoms with Crippen molar-refractivity contribution >= 4 is 20.9 Å². The van der Waals surface area contributed by atoms with E-state index in [2.05, 4.69) is 0 Å². The van der Waals surface area contributed by atoms with Gasteiger partial charge in [0.15, 0.2) is 0 Å². The third-order valence-electron chi connectivity index (χ3n) is 2.54. The molecule has 0 heterocycles. The molecule has 0 aliphatic rings. The first-order chi connectivity index (χ1) is 8.94. The summed E-state index contributed by atoms with van der Waals surface area (Å²) >= 11 is 0. The second kappa shape index (κ2) is 5.59. The quantitative estimate of drug-likeness (QED) is 0.790. The highest BCUT2D eigenvalue weighted by Crippen LogP contribution is 2.20. The molecule has 0 aromatic heterocycles. The molecule has 102 valence electrons. The first-order valence-corrected chi connectivity index (χ1v) is 7.75. The average molecular weight is 280 g/mol. The molecule has 0 saturated carbocycles. The average Bonchev–Trinajstić information content (AvgIpc) is 2.34. The van der Waals surface area contributed by atoms with E-state index in [1.54, 1.807) is 6.92 Å². The van der Waals surface area contributed by atoms with Crippen molar-refractivity contribution in [1.29, 1.82) is 0 Å². The standard InChI is InChI=1S/C14H16O4S/c1-11(18-19(2,15)16)10-17-14-8-7-12-5-3-4-6-13(12)9-14/h3-9,11H,10H2,1-2H3. The Morgan fingerprint density at radius 3 is 2.47 bits per heavy atom. The summed E-state index contributed by atoms with van der Waals surface area (Å²) < 4.78 is 32.2. The van der Waals surface area contributed by atoms with E-state index in [0.29, 0.717) is 5.75 Å². The van der Waals surface area contributed by atoms with Crippen LogP contribution >= 0.6 is 0 Å². The number of hydrogen-bond acceptors (Lipinski definition) is 4. The lowest BCUT2D eigenvalue weighted by Crippen LogP contribution is -2.21. The van der Waals surface area contributed by atoms with Crippen LogP contribution in [0.2, 0.25) is 0 Å². The second-order valence-electron chi connectivity index (χ2n) is 4.43. The van der Waals surface area contributed by atoms with E-state index < -0.39 is 16.2 Å². The Morgan fingerprint density at radius 1 is 1.11 bits per heavy atom. The molecule has 2 rings (SSSR count). The van der Waals surface area contributed by atoms with Crippen molar-refractivity contribution in [2.24, 2.45) is 0 Å². The zero-order valence-corrected chi connectivity index (χ0v) is 11.7. The van der Waals surface area contributed by atoms with Crippen molar-refractivity contribution in [2.45, 2.75) is 13.0 Å². The highest BCUT2D eigenvalue weighted by atomic mass is 32.2. The zero-order valence-electron chi connectivity index (χ0n) is 10.9. The lowest BCUT2D eigenvalue weighted by atomic mass is 10.1. The lowest BCUT2D eigenvalue weighted by molar-refractivity contribution is 0.150. The van der Waals surface area contributed by atoms with E-state index in [1.807, 2.05) is 42.5 Å². The number of benzene rings is 2. The molecule has 0 amide bonds. The maximum absolute atomic E-state index is 11.0. The van der Waals surface area contributed by atoms with Crippen LogP contribution in [0.15, 0.2) is 42.5 Å². The summed E-state index contributed by atoms with van der Waals surface area (Å²) in [5, 5.41) is 2.21. The van der Waals surface area contributed by atoms with Gasteiger partial charge >= 0.3 is 0 Å². The summed E-state index contributed by atoms with van der Waals surface area (Å²) in [7, 11) is -3.44. The van der Waals surface area contributed by atoms with E-state index in [9.17, 15) is 8.42 Å². The summed E-state index contributed by atoms with van der Waals surface area (Å²) in [5.41, 5.74) is 0. The fraction of sp³-hybridized carbons (Fsp3) is 0.286. The van der Waals surface area contributed by atoms with Crippen molar-refractivity contribution in [3.05, 3.63) is 42.5 Å². The minimum absolute atomic E-state index is 0.186. The summed E-state index contributed by atoms with van der Waals surface area (Å²) in [5.74, 6) is 0.697. The molecular weight excluding hydrogens is 264 g/mol. The number of rotatable bonds is 5. The van der Waals surface area contributed by atoms with Crippen LogP contribution in [0.1, 0.15) is 6.92 Å². The van der Waals surface area contributed by atoms with Gasteiger partial charge in [0.25, 0.3) is 10.1 Å². The minimum atomic E-state index is -3.44. The molecule has 1 atom stereocenters. The van der Waals surface area contributed by atoms with Crippen LogP contribution in [0, 0.1) is 0 Å². The minimum Gasteiger partial charge on any atom is -0.491 e. The molecule has 19 heavy (non-hydrogen) atoms. The van der Waals surface area contributed by atoms with Crippen LogP contribution in [0.5, 0.6) is 5.75 Å². The summed E-state index contributed by atoms with van der Waals surface area (Å²) in [4.78, 5) is 0. The fourth-order valence-corrected chi connectivity index (χ4v) is 2.45. The Bertz CT molecular complexity index is 664. The van der Waals surface area contributed by atoms with Gasteiger partial charge in [-0.2, -0.15) is 8.42 Å². The molecule has 2 aromatic carbocycles. The summed E-state index contributed by atoms with van der Waals surface area (Å²) in [6.45, 7) is 1.84. The van der Waals surface area contributed by atoms with E-state index in [0.717, 1.165) is 17.0 Å². The molecule has 0 spiro atoms. The van der Waals surface area contributed by atoms with Gasteiger partial charge in [0.05, 0.1) is 6.26 Å². The Kier molecular flexibility index (Phi) is 4.07. The summed E-state index contributed by atoms with van der Waals surface area (Å²) in [6, 6.07) is 13.7. The van der Waals surface area contributed by atoms with E-state index in [-0.39, 0.29) is 6.61 Å². The molecule has 0 bridgehead atoms. The van der Waals surface area contributed by atoms with Gasteiger partial charge in [-0.3, -0.25) is 4.18 Å². The molecule has 0 radical (unpaired) electrons. The van der Waals surface area contributed by atoms with Gasteiger partial charge in [-0.1, -0.05) is 30.3 Å². The highest BCUT2D eigenvalue weighted by Gasteiger charge is 2.11. The third kappa shape index (κ3) is 4.22. The Hall–Kier alpha value is -1.59. The van der Waals surface area contributed by atoms with Crippen LogP contribution in [0.3, 0.4) is 0 Å². The second-order valence-corrected chi connectivity index (χ2v) is 6.03. The summed E-state index contributed by atoms with van der Waals surface area (Å²) in [6.07, 6.45) is 0.515. The van der Waals surface area contributed by atoms with Crippen LogP contribution in [0.25, 0.3) is 10.8 Å². The number of hydrogen-bond donors (Lipinski definition) is 0. The van der Waals surface area contributed by atoms with Gasteiger partial charge < -0.3 is 4.74 Å². The van der Waals surface area contributed by atoms with Gasteiger partial charge in [-0.15, -0.1) is 0 Å². The van der Waals surface area contributed by atoms with E-state index >= 15 is 0 Å². The van der Waals surface area contributed by atoms with Crippen molar-refractivity contribution < 1.29 is 17.3 Å². The van der Waals surface area contributed by atoms with E-state index in [1.165, 1.54) is 0 Å². The molecule has 0 N–H and O–H groups in total. The van der Waals surface area contributed by atoms with Gasteiger partial charge in [0.2, 0.25) is 0 Å². The van der Waals surface area contributed by atoms with Gasteiger partial charge in [0.1, 0.15) is 18.5 Å². The SMILES string of the molecule is CC(COc1ccc2ccccc2c1)OS(C)(=O)=O. The van der Waals surface area contributed by atoms with Crippen LogP contribution in [-0.4, -0.2) is 27.4 Å². The molecular formula is C14H16O4S. The van der Waals surface area contributed by atoms with Crippen molar-refractivity contribution in [3.63, 3.8) is 0 Å². The number of ether oxygens (including phenoxy) is 1. The van der Waals surface area contributed by atoms with Crippen molar-refractivity contribution in [1.82, 2.24) is 0 Å². The largest absolute Gasteiger partial charge is 0.491 e. The van der Waals surface area contributed by atoms with Crippen LogP contribution in [-0.2, 0) is 14.3 Å². The first-order valence-electron chi connectivity index (χ1n) is 5.94. The molecule has 5 heteroatoms. The maximum Gasteiger partial charge on any atom is 0.264 e. The smallest absolute Gasteiger partial charge is 0.264 e. The van der Waals surface area contributed by atoms with Crippen molar-refractivity contribution in [2.75, 3.05) is 12.9 Å². The monoisotopic (exact) mass is 280 g/mol. The van der Waals surface area contributed by atoms with Crippen LogP contribution in [0.4, 0.5) is 0 Å². The van der Waals surface area contributed by atoms with Crippen LogP contribution < -0.4 is 4.74 Å².